The van der Waals surface area contributed by atoms with Gasteiger partial charge in [-0.15, -0.1) is 34.8 Å². The summed E-state index contributed by atoms with van der Waals surface area (Å²) in [7, 11) is 0. The van der Waals surface area contributed by atoms with Gasteiger partial charge in [-0.25, -0.2) is 0 Å². The van der Waals surface area contributed by atoms with Crippen molar-refractivity contribution in [3.8, 4) is 46.0 Å². The van der Waals surface area contributed by atoms with Gasteiger partial charge >= 0.3 is 5.97 Å². The lowest BCUT2D eigenvalue weighted by Crippen LogP contribution is -2.18. The molecule has 0 saturated heterocycles. The highest BCUT2D eigenvalue weighted by Gasteiger charge is 2.27. The second kappa shape index (κ2) is 49.4. The lowest BCUT2D eigenvalue weighted by molar-refractivity contribution is -0.141. The van der Waals surface area contributed by atoms with Gasteiger partial charge in [0, 0.05) is 52.8 Å². The maximum atomic E-state index is 10.7. The smallest absolute Gasteiger partial charge is 0.302 e. The van der Waals surface area contributed by atoms with Crippen LogP contribution in [0.5, 0.6) is 46.0 Å². The number of esters is 1. The number of hydrogen-bond donors (Lipinski definition) is 0. The van der Waals surface area contributed by atoms with Crippen LogP contribution in [0.1, 0.15) is 192 Å². The van der Waals surface area contributed by atoms with Crippen LogP contribution in [-0.2, 0) is 40.7 Å². The molecule has 0 saturated carbocycles. The number of halogens is 3. The molecule has 0 aliphatic rings. The summed E-state index contributed by atoms with van der Waals surface area (Å²) in [6.45, 7) is 35.7. The zero-order valence-corrected chi connectivity index (χ0v) is 68.0. The summed E-state index contributed by atoms with van der Waals surface area (Å²) in [5.74, 6) is 8.64. The molecular formula is C91H121Cl3O12. The molecule has 578 valence electrons. The van der Waals surface area contributed by atoms with Crippen LogP contribution in [-0.4, -0.2) is 109 Å². The predicted octanol–water partition coefficient (Wildman–Crippen LogP) is 23.0. The van der Waals surface area contributed by atoms with E-state index in [0.29, 0.717) is 70.5 Å². The van der Waals surface area contributed by atoms with Crippen molar-refractivity contribution in [2.45, 2.75) is 169 Å². The molecule has 0 atom stereocenters. The van der Waals surface area contributed by atoms with E-state index < -0.39 is 0 Å². The fourth-order valence-corrected chi connectivity index (χ4v) is 11.4. The standard InChI is InChI=1S/C25H35ClO4.C23H30O4.C22H29ClO2.C21H27ClO2/c1-4-15-27-17-18-28-19-20-30-24-12-8-22(9-13-24)25(2,3)21-6-10-23(11-7-21)29-16-5-14-26;1-5-6-15-26-21-11-7-19(8-12-21)23(3,4)20-9-13-22(14-10-20)27-17-16-25-18(2)24;1-4-5-16-24-20-11-7-18(8-12-20)22(2,3)19-9-13-21(14-10-19)25-17-6-15-23;1-4-15-23-19-10-6-17(7-11-19)21(2,3)18-8-12-20(13-9-18)24-16-5-14-22/h6-13H,4-5,14-20H2,1-3H3;7-14H,5-6,15-17H2,1-4H3;7-14H,4-6,15-17H2,1-3H3;6-13H,4-5,14-16H2,1-3H3. The first kappa shape index (κ1) is 89.0. The number of hydrogen-bond acceptors (Lipinski definition) is 12. The fraction of sp³-hybridized carbons (Fsp3) is 0.462. The molecule has 0 spiro atoms. The van der Waals surface area contributed by atoms with Gasteiger partial charge in [0.2, 0.25) is 0 Å². The Kier molecular flexibility index (Phi) is 41.5. The van der Waals surface area contributed by atoms with Crippen LogP contribution in [0.2, 0.25) is 0 Å². The highest BCUT2D eigenvalue weighted by Crippen LogP contribution is 2.38. The minimum absolute atomic E-state index is 0.0715. The van der Waals surface area contributed by atoms with Crippen molar-refractivity contribution in [1.29, 1.82) is 0 Å². The minimum Gasteiger partial charge on any atom is -0.494 e. The van der Waals surface area contributed by atoms with Crippen LogP contribution in [0.3, 0.4) is 0 Å². The Balaban J connectivity index is 0.000000255. The molecule has 0 amide bonds. The zero-order valence-electron chi connectivity index (χ0n) is 65.7. The van der Waals surface area contributed by atoms with Crippen LogP contribution < -0.4 is 37.9 Å². The van der Waals surface area contributed by atoms with Crippen molar-refractivity contribution in [1.82, 2.24) is 0 Å². The molecule has 0 unspecified atom stereocenters. The van der Waals surface area contributed by atoms with Gasteiger partial charge in [0.25, 0.3) is 0 Å². The Morgan fingerprint density at radius 3 is 0.642 bits per heavy atom. The first-order valence-corrected chi connectivity index (χ1v) is 39.6. The molecule has 106 heavy (non-hydrogen) atoms. The second-order valence-corrected chi connectivity index (χ2v) is 29.0. The van der Waals surface area contributed by atoms with Gasteiger partial charge < -0.3 is 52.1 Å². The molecule has 0 aliphatic carbocycles. The average molecular weight is 1510 g/mol. The first-order valence-electron chi connectivity index (χ1n) is 38.0. The molecule has 8 aromatic carbocycles. The third-order valence-corrected chi connectivity index (χ3v) is 18.9. The lowest BCUT2D eigenvalue weighted by Gasteiger charge is -2.26. The van der Waals surface area contributed by atoms with E-state index in [1.165, 1.54) is 51.4 Å². The van der Waals surface area contributed by atoms with Crippen LogP contribution in [0.25, 0.3) is 0 Å². The number of alkyl halides is 3. The van der Waals surface area contributed by atoms with Gasteiger partial charge in [0.05, 0.1) is 59.5 Å². The Bertz CT molecular complexity index is 3530. The van der Waals surface area contributed by atoms with Gasteiger partial charge in [0.15, 0.2) is 0 Å². The maximum Gasteiger partial charge on any atom is 0.302 e. The monoisotopic (exact) mass is 1510 g/mol. The Morgan fingerprint density at radius 2 is 0.434 bits per heavy atom. The molecule has 0 N–H and O–H groups in total. The van der Waals surface area contributed by atoms with Gasteiger partial charge in [-0.2, -0.15) is 0 Å². The third kappa shape index (κ3) is 31.7. The average Bonchev–Trinajstić information content (AvgIpc) is 0.825. The SMILES string of the molecule is CCCCOc1ccc(C(C)(C)c2ccc(OCCCCl)cc2)cc1.CCCCOc1ccc(C(C)(C)c2ccc(OCCOC(C)=O)cc2)cc1.CCCOCCOCCOc1ccc(C(C)(C)c2ccc(OCCCCl)cc2)cc1.CCCOc1ccc(C(C)(C)c2ccc(OCCCCl)cc2)cc1. The largest absolute Gasteiger partial charge is 0.494 e. The summed E-state index contributed by atoms with van der Waals surface area (Å²) in [6.07, 6.45) is 9.07. The zero-order chi connectivity index (χ0) is 76.9. The van der Waals surface area contributed by atoms with E-state index in [9.17, 15) is 4.79 Å². The van der Waals surface area contributed by atoms with Crippen LogP contribution >= 0.6 is 34.8 Å². The van der Waals surface area contributed by atoms with Gasteiger partial charge in [-0.05, 0) is 187 Å². The molecule has 8 rings (SSSR count). The minimum atomic E-state index is -0.294. The van der Waals surface area contributed by atoms with Crippen LogP contribution in [0, 0.1) is 0 Å². The Hall–Kier alpha value is -7.58. The first-order chi connectivity index (χ1) is 51.2. The van der Waals surface area contributed by atoms with E-state index in [-0.39, 0.29) is 34.2 Å². The highest BCUT2D eigenvalue weighted by molar-refractivity contribution is 6.18. The summed E-state index contributed by atoms with van der Waals surface area (Å²) in [5, 5.41) is 0. The molecule has 0 aromatic heterocycles. The van der Waals surface area contributed by atoms with Crippen LogP contribution in [0.15, 0.2) is 194 Å². The molecular weight excluding hydrogens is 1390 g/mol. The van der Waals surface area contributed by atoms with Crippen molar-refractivity contribution in [3.63, 3.8) is 0 Å². The fourth-order valence-electron chi connectivity index (χ4n) is 11.1. The van der Waals surface area contributed by atoms with Gasteiger partial charge in [-0.1, -0.05) is 193 Å². The molecule has 0 heterocycles. The number of unbranched alkanes of at least 4 members (excludes halogenated alkanes) is 2. The van der Waals surface area contributed by atoms with Crippen LogP contribution in [0.4, 0.5) is 0 Å². The molecule has 0 radical (unpaired) electrons. The summed E-state index contributed by atoms with van der Waals surface area (Å²) in [5.41, 5.74) is 9.57. The highest BCUT2D eigenvalue weighted by atomic mass is 35.5. The van der Waals surface area contributed by atoms with Crippen molar-refractivity contribution < 1.29 is 56.9 Å². The third-order valence-electron chi connectivity index (χ3n) is 18.1. The van der Waals surface area contributed by atoms with Gasteiger partial charge in [-0.3, -0.25) is 4.79 Å². The van der Waals surface area contributed by atoms with E-state index in [2.05, 4.69) is 204 Å². The van der Waals surface area contributed by atoms with E-state index in [1.54, 1.807) is 0 Å². The van der Waals surface area contributed by atoms with E-state index in [4.69, 9.17) is 86.9 Å². The van der Waals surface area contributed by atoms with E-state index in [1.807, 2.05) is 72.8 Å². The van der Waals surface area contributed by atoms with Crippen molar-refractivity contribution in [2.24, 2.45) is 0 Å². The topological polar surface area (TPSA) is 119 Å². The predicted molar refractivity (Wildman–Crippen MR) is 439 cm³/mol. The maximum absolute atomic E-state index is 10.7. The summed E-state index contributed by atoms with van der Waals surface area (Å²) < 4.78 is 61.4. The molecule has 0 aliphatic heterocycles. The van der Waals surface area contributed by atoms with E-state index in [0.717, 1.165) is 130 Å². The number of carbonyl (C=O) groups excluding carboxylic acids is 1. The molecule has 15 heteroatoms. The van der Waals surface area contributed by atoms with Crippen molar-refractivity contribution in [2.75, 3.05) is 104 Å². The normalized spacial score (nSPS) is 11.3. The Labute approximate surface area is 651 Å². The van der Waals surface area contributed by atoms with E-state index >= 15 is 0 Å². The summed E-state index contributed by atoms with van der Waals surface area (Å²) in [4.78, 5) is 10.7. The Morgan fingerprint density at radius 1 is 0.245 bits per heavy atom. The molecule has 0 fully saturated rings. The summed E-state index contributed by atoms with van der Waals surface area (Å²) in [6, 6.07) is 66.5. The number of ether oxygens (including phenoxy) is 11. The summed E-state index contributed by atoms with van der Waals surface area (Å²) >= 11 is 17.0. The quantitative estimate of drug-likeness (QED) is 0.0205. The molecule has 8 aromatic rings. The molecule has 12 nitrogen and oxygen atoms in total. The lowest BCUT2D eigenvalue weighted by atomic mass is 9.78. The second-order valence-electron chi connectivity index (χ2n) is 27.9. The van der Waals surface area contributed by atoms with Crippen molar-refractivity contribution >= 4 is 40.8 Å². The number of rotatable bonds is 44. The molecule has 0 bridgehead atoms. The number of carbonyl (C=O) groups is 1. The van der Waals surface area contributed by atoms with Gasteiger partial charge in [0.1, 0.15) is 65.8 Å². The number of benzene rings is 8. The van der Waals surface area contributed by atoms with Crippen molar-refractivity contribution in [3.05, 3.63) is 239 Å².